The number of hydrogen-bond acceptors (Lipinski definition) is 11. The molecule has 10 rings (SSSR count). The van der Waals surface area contributed by atoms with Crippen LogP contribution in [-0.2, 0) is 35.3 Å². The Bertz CT molecular complexity index is 2600. The van der Waals surface area contributed by atoms with E-state index in [-0.39, 0.29) is 69.7 Å². The van der Waals surface area contributed by atoms with Crippen molar-refractivity contribution in [3.63, 3.8) is 0 Å². The fourth-order valence-corrected chi connectivity index (χ4v) is 9.81. The molecule has 2 fully saturated rings. The van der Waals surface area contributed by atoms with E-state index in [0.717, 1.165) is 55.4 Å². The zero-order valence-electron chi connectivity index (χ0n) is 38.3. The van der Waals surface area contributed by atoms with Crippen molar-refractivity contribution in [2.45, 2.75) is 74.7 Å². The van der Waals surface area contributed by atoms with Gasteiger partial charge in [0.1, 0.15) is 32.5 Å². The van der Waals surface area contributed by atoms with Gasteiger partial charge in [-0.25, -0.2) is 13.6 Å². The number of ether oxygens (including phenoxy) is 4. The quantitative estimate of drug-likeness (QED) is 0.0853. The summed E-state index contributed by atoms with van der Waals surface area (Å²) >= 11 is 11.7. The predicted octanol–water partition coefficient (Wildman–Crippen LogP) is 7.21. The number of aliphatic hydroxyl groups is 2. The van der Waals surface area contributed by atoms with Crippen molar-refractivity contribution in [2.75, 3.05) is 65.7 Å². The Morgan fingerprint density at radius 1 is 0.662 bits per heavy atom. The molecule has 6 aliphatic rings. The van der Waals surface area contributed by atoms with Crippen LogP contribution in [-0.4, -0.2) is 127 Å². The summed E-state index contributed by atoms with van der Waals surface area (Å²) in [7, 11) is 0. The van der Waals surface area contributed by atoms with Crippen LogP contribution in [0, 0.1) is 23.5 Å². The Morgan fingerprint density at radius 3 is 1.56 bits per heavy atom. The number of rotatable bonds is 13. The average molecular weight is 1040 g/mol. The van der Waals surface area contributed by atoms with Gasteiger partial charge in [0.05, 0.1) is 12.1 Å². The third kappa shape index (κ3) is 11.9. The minimum atomic E-state index is -3.68. The molecule has 21 heteroatoms. The number of halogens is 8. The maximum Gasteiger partial charge on any atom is 0.374 e. The molecule has 2 saturated heterocycles. The first-order valence-corrected chi connectivity index (χ1v) is 24.1. The molecule has 0 aromatic heterocycles. The number of nitrogens with one attached hydrogen (secondary N) is 1. The third-order valence-electron chi connectivity index (χ3n) is 13.7. The lowest BCUT2D eigenvalue weighted by atomic mass is 9.95. The molecule has 4 aromatic carbocycles. The number of carboxylic acids is 1. The van der Waals surface area contributed by atoms with Gasteiger partial charge >= 0.3 is 17.8 Å². The van der Waals surface area contributed by atoms with Gasteiger partial charge < -0.3 is 55.1 Å². The number of carbonyl (C=O) groups excluding carboxylic acids is 1. The van der Waals surface area contributed by atoms with Crippen LogP contribution in [0.25, 0.3) is 0 Å². The summed E-state index contributed by atoms with van der Waals surface area (Å²) in [5, 5.41) is 33.1. The lowest BCUT2D eigenvalue weighted by Gasteiger charge is -2.37. The van der Waals surface area contributed by atoms with Gasteiger partial charge in [-0.05, 0) is 147 Å². The number of hydrogen-bond donors (Lipinski definition) is 5. The summed E-state index contributed by atoms with van der Waals surface area (Å²) in [5.74, 6) is -14.0. The van der Waals surface area contributed by atoms with E-state index in [9.17, 15) is 37.4 Å². The second-order valence-electron chi connectivity index (χ2n) is 18.6. The molecule has 6 atom stereocenters. The first-order chi connectivity index (χ1) is 33.8. The summed E-state index contributed by atoms with van der Waals surface area (Å²) in [5.41, 5.74) is 9.48. The van der Waals surface area contributed by atoms with Gasteiger partial charge in [0.2, 0.25) is 0 Å². The van der Waals surface area contributed by atoms with Crippen molar-refractivity contribution in [2.24, 2.45) is 17.6 Å². The highest BCUT2D eigenvalue weighted by Crippen LogP contribution is 2.42. The monoisotopic (exact) mass is 1040 g/mol. The maximum absolute atomic E-state index is 15.3. The van der Waals surface area contributed by atoms with E-state index in [1.165, 1.54) is 18.6 Å². The number of carboxylic acid groups (broad SMARTS) is 1. The molecule has 4 aliphatic heterocycles. The SMILES string of the molecule is N[C@H](CN1CCC1)[C@H](O)c1cc(F)c2c(c1)OCCO2.O=C(N[C@H](CN1CCC1)[C@H](O)c1cc(F)c2c(c1)OCCO2)C(F)(F)C1Cc2ccc(Cl)cc2C1.O=C(O)C(F)(F)C1Cc2ccc(Cl)cc2C1.[HH]. The van der Waals surface area contributed by atoms with Crippen LogP contribution in [0.4, 0.5) is 26.3 Å². The number of amides is 1. The Labute approximate surface area is 417 Å². The van der Waals surface area contributed by atoms with Gasteiger partial charge in [0, 0.05) is 42.4 Å². The van der Waals surface area contributed by atoms with E-state index in [1.54, 1.807) is 42.5 Å². The first kappa shape index (κ1) is 52.3. The van der Waals surface area contributed by atoms with E-state index >= 15 is 8.78 Å². The lowest BCUT2D eigenvalue weighted by molar-refractivity contribution is -0.172. The molecule has 1 amide bonds. The largest absolute Gasteiger partial charge is 0.486 e. The molecule has 6 N–H and O–H groups in total. The fourth-order valence-electron chi connectivity index (χ4n) is 9.42. The molecule has 4 heterocycles. The summed E-state index contributed by atoms with van der Waals surface area (Å²) in [6, 6.07) is 13.8. The Morgan fingerprint density at radius 2 is 1.10 bits per heavy atom. The molecule has 0 radical (unpaired) electrons. The number of carbonyl (C=O) groups is 2. The predicted molar refractivity (Wildman–Crippen MR) is 251 cm³/mol. The number of alkyl halides is 4. The number of fused-ring (bicyclic) bond motifs is 4. The molecule has 2 unspecified atom stereocenters. The number of aliphatic carboxylic acids is 1. The van der Waals surface area contributed by atoms with Crippen molar-refractivity contribution in [3.05, 3.63) is 116 Å². The molecule has 0 saturated carbocycles. The van der Waals surface area contributed by atoms with Crippen molar-refractivity contribution >= 4 is 35.1 Å². The number of nitrogens with zero attached hydrogens (tertiary/aromatic N) is 2. The van der Waals surface area contributed by atoms with Gasteiger partial charge in [-0.3, -0.25) is 4.79 Å². The van der Waals surface area contributed by atoms with Crippen LogP contribution in [0.1, 0.15) is 59.9 Å². The molecule has 2 aliphatic carbocycles. The molecule has 4 aromatic rings. The summed E-state index contributed by atoms with van der Waals surface area (Å²) < 4.78 is 107. The molecule has 71 heavy (non-hydrogen) atoms. The van der Waals surface area contributed by atoms with Crippen molar-refractivity contribution in [1.29, 1.82) is 0 Å². The van der Waals surface area contributed by atoms with Gasteiger partial charge in [-0.2, -0.15) is 17.6 Å². The number of aliphatic hydroxyl groups excluding tert-OH is 2. The molecule has 13 nitrogen and oxygen atoms in total. The van der Waals surface area contributed by atoms with E-state index in [1.807, 2.05) is 4.90 Å². The standard InChI is InChI=1S/C25H26ClF3N2O4.C14H19FN2O3.C11H9ClF2O2.H2/c26-18-3-2-14-8-17(9-15(14)10-18)25(28,29)24(33)30-20(13-31-4-1-5-31)22(32)16-11-19(27)23-21(12-16)34-6-7-35-23;15-10-6-9(7-12-14(10)20-5-4-19-12)13(18)11(16)8-17-2-1-3-17;12-9-2-1-6-3-8(4-7(6)5-9)11(13,14)10(15)16;/h2-3,10-12,17,20,22,32H,1,4-9,13H2,(H,30,33);6-7,11,13,18H,1-5,8,16H2;1-2,5,8H,3-4H2,(H,15,16);1H/t17?,20-,22-;11-,13-;;/m11../s1. The highest BCUT2D eigenvalue weighted by atomic mass is 35.5. The maximum atomic E-state index is 15.3. The lowest BCUT2D eigenvalue weighted by Crippen LogP contribution is -2.55. The van der Waals surface area contributed by atoms with Crippen LogP contribution in [0.15, 0.2) is 60.7 Å². The zero-order valence-corrected chi connectivity index (χ0v) is 39.8. The second kappa shape index (κ2) is 22.0. The van der Waals surface area contributed by atoms with Crippen LogP contribution in [0.3, 0.4) is 0 Å². The van der Waals surface area contributed by atoms with E-state index in [2.05, 4.69) is 10.2 Å². The van der Waals surface area contributed by atoms with Gasteiger partial charge in [-0.1, -0.05) is 35.3 Å². The fraction of sp³-hybridized carbons (Fsp3) is 0.480. The van der Waals surface area contributed by atoms with Crippen LogP contribution in [0.5, 0.6) is 23.0 Å². The van der Waals surface area contributed by atoms with Gasteiger partial charge in [0.15, 0.2) is 34.6 Å². The van der Waals surface area contributed by atoms with Crippen LogP contribution in [0.2, 0.25) is 10.0 Å². The molecule has 0 spiro atoms. The number of nitrogens with two attached hydrogens (primary N) is 1. The summed E-state index contributed by atoms with van der Waals surface area (Å²) in [6.07, 6.45) is 0.000700. The van der Waals surface area contributed by atoms with Crippen molar-refractivity contribution in [3.8, 4) is 23.0 Å². The molecule has 0 bridgehead atoms. The Balaban J connectivity index is 0.000000174. The summed E-state index contributed by atoms with van der Waals surface area (Å²) in [6.45, 7) is 5.37. The Hall–Kier alpha value is -5.02. The first-order valence-electron chi connectivity index (χ1n) is 23.4. The minimum absolute atomic E-state index is 0. The van der Waals surface area contributed by atoms with Gasteiger partial charge in [0.25, 0.3) is 5.91 Å². The minimum Gasteiger partial charge on any atom is -0.486 e. The van der Waals surface area contributed by atoms with E-state index < -0.39 is 71.5 Å². The van der Waals surface area contributed by atoms with E-state index in [4.69, 9.17) is 53.0 Å². The third-order valence-corrected chi connectivity index (χ3v) is 14.1. The Kier molecular flexibility index (Phi) is 16.2. The zero-order chi connectivity index (χ0) is 50.8. The smallest absolute Gasteiger partial charge is 0.374 e. The molecule has 386 valence electrons. The number of benzene rings is 4. The highest BCUT2D eigenvalue weighted by Gasteiger charge is 2.51. The average Bonchev–Trinajstić information content (AvgIpc) is 3.96. The van der Waals surface area contributed by atoms with Crippen LogP contribution >= 0.6 is 23.2 Å². The normalized spacial score (nSPS) is 20.8. The molecular formula is C50H56Cl2F6N4O9. The molecular weight excluding hydrogens is 985 g/mol. The highest BCUT2D eigenvalue weighted by molar-refractivity contribution is 6.31. The van der Waals surface area contributed by atoms with Crippen LogP contribution < -0.4 is 30.0 Å². The second-order valence-corrected chi connectivity index (χ2v) is 19.5. The summed E-state index contributed by atoms with van der Waals surface area (Å²) in [4.78, 5) is 27.4. The van der Waals surface area contributed by atoms with Gasteiger partial charge in [-0.15, -0.1) is 0 Å². The number of likely N-dealkylation sites (tertiary alicyclic amines) is 2. The topological polar surface area (TPSA) is 176 Å². The van der Waals surface area contributed by atoms with E-state index in [0.29, 0.717) is 46.7 Å². The van der Waals surface area contributed by atoms with Crippen molar-refractivity contribution < 1.29 is 71.6 Å². The van der Waals surface area contributed by atoms with Crippen molar-refractivity contribution in [1.82, 2.24) is 15.1 Å².